The van der Waals surface area contributed by atoms with Gasteiger partial charge >= 0.3 is 0 Å². The maximum absolute atomic E-state index is 5.79. The zero-order valence-corrected chi connectivity index (χ0v) is 13.9. The quantitative estimate of drug-likeness (QED) is 0.641. The van der Waals surface area contributed by atoms with Gasteiger partial charge in [0.15, 0.2) is 0 Å². The fourth-order valence-corrected chi connectivity index (χ4v) is 2.49. The molecule has 118 valence electrons. The van der Waals surface area contributed by atoms with Gasteiger partial charge in [-0.15, -0.1) is 0 Å². The lowest BCUT2D eigenvalue weighted by atomic mass is 9.95. The molecule has 0 saturated carbocycles. The number of nitrogens with one attached hydrogen (secondary N) is 1. The molecule has 0 atom stereocenters. The van der Waals surface area contributed by atoms with Gasteiger partial charge in [-0.05, 0) is 20.8 Å². The second-order valence-electron chi connectivity index (χ2n) is 7.27. The first kappa shape index (κ1) is 16.0. The number of nitrogens with two attached hydrogens (primary N) is 1. The van der Waals surface area contributed by atoms with E-state index in [1.807, 2.05) is 6.92 Å². The molecule has 1 saturated heterocycles. The molecule has 0 spiro atoms. The summed E-state index contributed by atoms with van der Waals surface area (Å²) in [4.78, 5) is 11.6. The van der Waals surface area contributed by atoms with E-state index >= 15 is 0 Å². The maximum atomic E-state index is 5.79. The Morgan fingerprint density at radius 3 is 2.48 bits per heavy atom. The summed E-state index contributed by atoms with van der Waals surface area (Å²) < 4.78 is 5.79. The van der Waals surface area contributed by atoms with Crippen molar-refractivity contribution in [1.82, 2.24) is 9.97 Å². The van der Waals surface area contributed by atoms with Gasteiger partial charge in [-0.25, -0.2) is 15.8 Å². The molecule has 0 radical (unpaired) electrons. The summed E-state index contributed by atoms with van der Waals surface area (Å²) in [5.41, 5.74) is 3.37. The number of anilines is 2. The predicted molar refractivity (Wildman–Crippen MR) is 85.5 cm³/mol. The number of hydrogen-bond acceptors (Lipinski definition) is 6. The van der Waals surface area contributed by atoms with E-state index in [1.54, 1.807) is 0 Å². The highest BCUT2D eigenvalue weighted by Gasteiger charge is 2.30. The first-order valence-electron chi connectivity index (χ1n) is 7.39. The highest BCUT2D eigenvalue weighted by Crippen LogP contribution is 2.30. The second-order valence-corrected chi connectivity index (χ2v) is 7.27. The van der Waals surface area contributed by atoms with Crippen molar-refractivity contribution >= 4 is 11.6 Å². The van der Waals surface area contributed by atoms with Gasteiger partial charge in [0.25, 0.3) is 0 Å². The number of nitrogen functional groups attached to an aromatic ring is 1. The number of hydrogen-bond donors (Lipinski definition) is 2. The van der Waals surface area contributed by atoms with E-state index in [9.17, 15) is 0 Å². The molecule has 1 fully saturated rings. The largest absolute Gasteiger partial charge is 0.372 e. The van der Waals surface area contributed by atoms with Crippen molar-refractivity contribution < 1.29 is 4.74 Å². The summed E-state index contributed by atoms with van der Waals surface area (Å²) in [6.07, 6.45) is 0. The maximum Gasteiger partial charge on any atom is 0.148 e. The third kappa shape index (κ3) is 3.44. The third-order valence-electron chi connectivity index (χ3n) is 3.65. The van der Waals surface area contributed by atoms with Crippen LogP contribution >= 0.6 is 0 Å². The molecule has 2 heterocycles. The first-order chi connectivity index (χ1) is 9.64. The summed E-state index contributed by atoms with van der Waals surface area (Å²) in [5.74, 6) is 8.06. The number of hydrazine groups is 1. The minimum atomic E-state index is -0.173. The summed E-state index contributed by atoms with van der Waals surface area (Å²) in [6.45, 7) is 14.8. The van der Waals surface area contributed by atoms with E-state index in [0.717, 1.165) is 30.3 Å². The number of aromatic nitrogens is 2. The van der Waals surface area contributed by atoms with Crippen molar-refractivity contribution in [2.75, 3.05) is 30.0 Å². The Morgan fingerprint density at radius 1 is 1.29 bits per heavy atom. The van der Waals surface area contributed by atoms with Gasteiger partial charge in [-0.3, -0.25) is 0 Å². The van der Waals surface area contributed by atoms with Crippen molar-refractivity contribution in [2.45, 2.75) is 52.6 Å². The molecule has 0 aromatic carbocycles. The zero-order valence-electron chi connectivity index (χ0n) is 13.9. The van der Waals surface area contributed by atoms with Gasteiger partial charge < -0.3 is 15.1 Å². The van der Waals surface area contributed by atoms with Gasteiger partial charge in [-0.1, -0.05) is 20.8 Å². The van der Waals surface area contributed by atoms with Crippen LogP contribution in [0.15, 0.2) is 0 Å². The van der Waals surface area contributed by atoms with Crippen LogP contribution in [0.1, 0.15) is 46.0 Å². The van der Waals surface area contributed by atoms with Gasteiger partial charge in [0, 0.05) is 24.1 Å². The van der Waals surface area contributed by atoms with Crippen molar-refractivity contribution in [3.05, 3.63) is 11.4 Å². The predicted octanol–water partition coefficient (Wildman–Crippen LogP) is 1.98. The molecule has 1 aliphatic heterocycles. The summed E-state index contributed by atoms with van der Waals surface area (Å²) in [5, 5.41) is 0. The van der Waals surface area contributed by atoms with Gasteiger partial charge in [0.2, 0.25) is 0 Å². The summed E-state index contributed by atoms with van der Waals surface area (Å²) >= 11 is 0. The van der Waals surface area contributed by atoms with E-state index in [0.29, 0.717) is 12.4 Å². The second kappa shape index (κ2) is 5.42. The number of nitrogens with zero attached hydrogens (tertiary/aromatic N) is 3. The number of morpholine rings is 1. The van der Waals surface area contributed by atoms with Gasteiger partial charge in [0.05, 0.1) is 12.2 Å². The topological polar surface area (TPSA) is 76.3 Å². The number of ether oxygens (including phenoxy) is 1. The molecule has 21 heavy (non-hydrogen) atoms. The van der Waals surface area contributed by atoms with Crippen LogP contribution in [0.4, 0.5) is 11.6 Å². The van der Waals surface area contributed by atoms with Crippen LogP contribution in [0.3, 0.4) is 0 Å². The van der Waals surface area contributed by atoms with Crippen LogP contribution in [0.2, 0.25) is 0 Å². The fourth-order valence-electron chi connectivity index (χ4n) is 2.49. The van der Waals surface area contributed by atoms with Crippen LogP contribution in [0.5, 0.6) is 0 Å². The van der Waals surface area contributed by atoms with E-state index in [1.165, 1.54) is 0 Å². The lowest BCUT2D eigenvalue weighted by Gasteiger charge is -2.39. The van der Waals surface area contributed by atoms with Crippen molar-refractivity contribution in [2.24, 2.45) is 5.84 Å². The minimum absolute atomic E-state index is 0.129. The molecule has 0 unspecified atom stereocenters. The Hall–Kier alpha value is -1.40. The molecule has 1 aliphatic rings. The van der Waals surface area contributed by atoms with Crippen LogP contribution in [0.25, 0.3) is 0 Å². The first-order valence-corrected chi connectivity index (χ1v) is 7.39. The molecule has 6 nitrogen and oxygen atoms in total. The normalized spacial score (nSPS) is 18.7. The average molecular weight is 293 g/mol. The smallest absolute Gasteiger partial charge is 0.148 e. The van der Waals surface area contributed by atoms with Crippen LogP contribution in [-0.2, 0) is 10.2 Å². The van der Waals surface area contributed by atoms with Crippen LogP contribution in [0, 0.1) is 6.92 Å². The zero-order chi connectivity index (χ0) is 15.8. The molecule has 0 aliphatic carbocycles. The molecular weight excluding hydrogens is 266 g/mol. The molecule has 2 rings (SSSR count). The highest BCUT2D eigenvalue weighted by molar-refractivity contribution is 5.59. The lowest BCUT2D eigenvalue weighted by Crippen LogP contribution is -2.49. The molecular formula is C15H27N5O. The Balaban J connectivity index is 2.47. The molecule has 6 heteroatoms. The van der Waals surface area contributed by atoms with E-state index in [-0.39, 0.29) is 11.0 Å². The summed E-state index contributed by atoms with van der Waals surface area (Å²) in [7, 11) is 0. The van der Waals surface area contributed by atoms with Crippen molar-refractivity contribution in [1.29, 1.82) is 0 Å². The Morgan fingerprint density at radius 2 is 1.95 bits per heavy atom. The Kier molecular flexibility index (Phi) is 4.13. The third-order valence-corrected chi connectivity index (χ3v) is 3.65. The highest BCUT2D eigenvalue weighted by atomic mass is 16.5. The molecule has 3 N–H and O–H groups in total. The van der Waals surface area contributed by atoms with E-state index in [4.69, 9.17) is 15.6 Å². The minimum Gasteiger partial charge on any atom is -0.372 e. The standard InChI is InChI=1S/C15H27N5O/c1-10-11(19-16)17-13(14(2,3)4)18-12(10)20-7-8-21-15(5,6)9-20/h7-9,16H2,1-6H3,(H,17,18,19). The van der Waals surface area contributed by atoms with Gasteiger partial charge in [-0.2, -0.15) is 0 Å². The number of rotatable bonds is 2. The van der Waals surface area contributed by atoms with E-state index in [2.05, 4.69) is 49.9 Å². The molecule has 0 bridgehead atoms. The van der Waals surface area contributed by atoms with E-state index < -0.39 is 0 Å². The van der Waals surface area contributed by atoms with Crippen LogP contribution < -0.4 is 16.2 Å². The monoisotopic (exact) mass is 293 g/mol. The van der Waals surface area contributed by atoms with Crippen LogP contribution in [-0.4, -0.2) is 35.3 Å². The van der Waals surface area contributed by atoms with Gasteiger partial charge in [0.1, 0.15) is 17.5 Å². The SMILES string of the molecule is Cc1c(NN)nc(C(C)(C)C)nc1N1CCOC(C)(C)C1. The molecule has 1 aromatic heterocycles. The lowest BCUT2D eigenvalue weighted by molar-refractivity contribution is -0.0279. The van der Waals surface area contributed by atoms with Crippen molar-refractivity contribution in [3.63, 3.8) is 0 Å². The molecule has 0 amide bonds. The summed E-state index contributed by atoms with van der Waals surface area (Å²) in [6, 6.07) is 0. The van der Waals surface area contributed by atoms with Crippen molar-refractivity contribution in [3.8, 4) is 0 Å². The fraction of sp³-hybridized carbons (Fsp3) is 0.733. The Labute approximate surface area is 127 Å². The average Bonchev–Trinajstić information content (AvgIpc) is 2.36. The molecule has 1 aromatic rings. The Bertz CT molecular complexity index is 522.